The van der Waals surface area contributed by atoms with Gasteiger partial charge in [0.1, 0.15) is 5.69 Å². The van der Waals surface area contributed by atoms with Crippen molar-refractivity contribution in [3.8, 4) is 0 Å². The molecule has 144 valence electrons. The summed E-state index contributed by atoms with van der Waals surface area (Å²) in [4.78, 5) is 32.7. The first-order valence-electron chi connectivity index (χ1n) is 9.68. The van der Waals surface area contributed by atoms with Crippen LogP contribution in [-0.2, 0) is 17.9 Å². The Hall–Kier alpha value is -3.09. The maximum Gasteiger partial charge on any atom is 0.270 e. The minimum Gasteiger partial charge on any atom is -0.351 e. The Kier molecular flexibility index (Phi) is 3.62. The van der Waals surface area contributed by atoms with Gasteiger partial charge >= 0.3 is 0 Å². The molecular weight excluding hydrogens is 354 g/mol. The molecule has 7 nitrogen and oxygen atoms in total. The highest BCUT2D eigenvalue weighted by Crippen LogP contribution is 2.36. The number of para-hydroxylation sites is 1. The zero-order chi connectivity index (χ0) is 19.5. The molecule has 3 aromatic rings. The van der Waals surface area contributed by atoms with E-state index < -0.39 is 0 Å². The van der Waals surface area contributed by atoms with Crippen LogP contribution in [0.2, 0.25) is 0 Å². The number of hydrogen-bond donors (Lipinski definition) is 1. The van der Waals surface area contributed by atoms with Crippen LogP contribution in [0, 0.1) is 5.41 Å². The Morgan fingerprint density at radius 1 is 1.18 bits per heavy atom. The molecule has 1 fully saturated rings. The van der Waals surface area contributed by atoms with E-state index in [0.29, 0.717) is 31.9 Å². The summed E-state index contributed by atoms with van der Waals surface area (Å²) in [5.41, 5.74) is 2.97. The lowest BCUT2D eigenvalue weighted by molar-refractivity contribution is -0.124. The minimum absolute atomic E-state index is 0.0253. The van der Waals surface area contributed by atoms with Gasteiger partial charge in [0.15, 0.2) is 0 Å². The van der Waals surface area contributed by atoms with Crippen LogP contribution >= 0.6 is 0 Å². The Bertz CT molecular complexity index is 1060. The van der Waals surface area contributed by atoms with E-state index in [1.807, 2.05) is 58.7 Å². The van der Waals surface area contributed by atoms with Crippen LogP contribution in [0.1, 0.15) is 36.5 Å². The summed E-state index contributed by atoms with van der Waals surface area (Å²) in [7, 11) is 0. The Labute approximate surface area is 162 Å². The van der Waals surface area contributed by atoms with Gasteiger partial charge in [-0.25, -0.2) is 0 Å². The van der Waals surface area contributed by atoms with Crippen molar-refractivity contribution in [1.82, 2.24) is 19.7 Å². The second kappa shape index (κ2) is 5.95. The van der Waals surface area contributed by atoms with Crippen molar-refractivity contribution in [3.05, 3.63) is 47.9 Å². The molecule has 2 aliphatic rings. The summed E-state index contributed by atoms with van der Waals surface area (Å²) in [6.45, 7) is 6.34. The number of rotatable bonds is 2. The monoisotopic (exact) mass is 377 g/mol. The SMILES string of the molecule is CC1(C)CCN(c2cnn3c2CN(C(=O)c2cc4ccccc4[nH]2)CC3)C1=O. The highest BCUT2D eigenvalue weighted by atomic mass is 16.2. The average Bonchev–Trinajstić information content (AvgIpc) is 3.37. The molecule has 0 atom stereocenters. The number of carbonyl (C=O) groups excluding carboxylic acids is 2. The summed E-state index contributed by atoms with van der Waals surface area (Å²) in [5.74, 6) is 0.102. The van der Waals surface area contributed by atoms with Gasteiger partial charge < -0.3 is 14.8 Å². The van der Waals surface area contributed by atoms with E-state index in [9.17, 15) is 9.59 Å². The van der Waals surface area contributed by atoms with Crippen LogP contribution in [0.5, 0.6) is 0 Å². The lowest BCUT2D eigenvalue weighted by Gasteiger charge is -2.29. The topological polar surface area (TPSA) is 74.2 Å². The molecule has 5 rings (SSSR count). The van der Waals surface area contributed by atoms with Crippen LogP contribution in [0.25, 0.3) is 10.9 Å². The fourth-order valence-corrected chi connectivity index (χ4v) is 4.18. The number of aromatic amines is 1. The molecule has 1 saturated heterocycles. The maximum absolute atomic E-state index is 13.1. The molecule has 2 amide bonds. The van der Waals surface area contributed by atoms with Crippen molar-refractivity contribution in [2.45, 2.75) is 33.4 Å². The number of aromatic nitrogens is 3. The van der Waals surface area contributed by atoms with Crippen molar-refractivity contribution >= 4 is 28.4 Å². The molecule has 2 aliphatic heterocycles. The highest BCUT2D eigenvalue weighted by molar-refractivity contribution is 6.00. The molecule has 7 heteroatoms. The van der Waals surface area contributed by atoms with Crippen LogP contribution in [-0.4, -0.2) is 44.6 Å². The number of nitrogens with zero attached hydrogens (tertiary/aromatic N) is 4. The van der Waals surface area contributed by atoms with Gasteiger partial charge in [0, 0.05) is 29.4 Å². The van der Waals surface area contributed by atoms with Crippen molar-refractivity contribution < 1.29 is 9.59 Å². The molecular formula is C21H23N5O2. The van der Waals surface area contributed by atoms with Crippen molar-refractivity contribution in [3.63, 3.8) is 0 Å². The molecule has 0 bridgehead atoms. The number of benzene rings is 1. The van der Waals surface area contributed by atoms with Gasteiger partial charge in [-0.15, -0.1) is 0 Å². The third-order valence-corrected chi connectivity index (χ3v) is 5.97. The van der Waals surface area contributed by atoms with Gasteiger partial charge in [-0.05, 0) is 18.6 Å². The predicted octanol–water partition coefficient (Wildman–Crippen LogP) is 2.78. The number of hydrogen-bond acceptors (Lipinski definition) is 3. The molecule has 0 radical (unpaired) electrons. The average molecular weight is 377 g/mol. The lowest BCUT2D eigenvalue weighted by Crippen LogP contribution is -2.39. The normalized spacial score (nSPS) is 18.7. The van der Waals surface area contributed by atoms with E-state index in [4.69, 9.17) is 0 Å². The van der Waals surface area contributed by atoms with Gasteiger partial charge in [0.25, 0.3) is 5.91 Å². The van der Waals surface area contributed by atoms with E-state index >= 15 is 0 Å². The summed E-state index contributed by atoms with van der Waals surface area (Å²) >= 11 is 0. The molecule has 4 heterocycles. The van der Waals surface area contributed by atoms with Crippen LogP contribution < -0.4 is 4.90 Å². The molecule has 2 aromatic heterocycles. The second-order valence-corrected chi connectivity index (χ2v) is 8.29. The van der Waals surface area contributed by atoms with Crippen molar-refractivity contribution in [2.75, 3.05) is 18.0 Å². The van der Waals surface area contributed by atoms with Crippen molar-refractivity contribution in [2.24, 2.45) is 5.41 Å². The Morgan fingerprint density at radius 2 is 2.00 bits per heavy atom. The maximum atomic E-state index is 13.1. The Balaban J connectivity index is 1.43. The molecule has 1 aromatic carbocycles. The van der Waals surface area contributed by atoms with Crippen LogP contribution in [0.3, 0.4) is 0 Å². The molecule has 28 heavy (non-hydrogen) atoms. The van der Waals surface area contributed by atoms with Gasteiger partial charge in [0.2, 0.25) is 5.91 Å². The molecule has 0 spiro atoms. The standard InChI is InChI=1S/C21H23N5O2/c1-21(2)7-8-25(20(21)28)17-12-22-26-10-9-24(13-18(17)26)19(27)16-11-14-5-3-4-6-15(14)23-16/h3-6,11-12,23H,7-10,13H2,1-2H3. The van der Waals surface area contributed by atoms with Crippen molar-refractivity contribution in [1.29, 1.82) is 0 Å². The zero-order valence-electron chi connectivity index (χ0n) is 16.1. The van der Waals surface area contributed by atoms with E-state index in [-0.39, 0.29) is 17.2 Å². The van der Waals surface area contributed by atoms with Gasteiger partial charge in [0.05, 0.1) is 30.7 Å². The first-order valence-corrected chi connectivity index (χ1v) is 9.68. The van der Waals surface area contributed by atoms with E-state index in [2.05, 4.69) is 10.1 Å². The molecule has 0 saturated carbocycles. The molecule has 0 unspecified atom stereocenters. The third-order valence-electron chi connectivity index (χ3n) is 5.97. The zero-order valence-corrected chi connectivity index (χ0v) is 16.1. The van der Waals surface area contributed by atoms with Crippen LogP contribution in [0.4, 0.5) is 5.69 Å². The summed E-state index contributed by atoms with van der Waals surface area (Å²) in [5, 5.41) is 5.49. The summed E-state index contributed by atoms with van der Waals surface area (Å²) < 4.78 is 1.92. The van der Waals surface area contributed by atoms with Gasteiger partial charge in [-0.1, -0.05) is 32.0 Å². The lowest BCUT2D eigenvalue weighted by atomic mass is 9.92. The van der Waals surface area contributed by atoms with E-state index in [1.165, 1.54) is 0 Å². The number of fused-ring (bicyclic) bond motifs is 2. The highest BCUT2D eigenvalue weighted by Gasteiger charge is 2.41. The summed E-state index contributed by atoms with van der Waals surface area (Å²) in [6, 6.07) is 9.78. The van der Waals surface area contributed by atoms with E-state index in [1.54, 1.807) is 6.20 Å². The molecule has 0 aliphatic carbocycles. The number of H-pyrrole nitrogens is 1. The first kappa shape index (κ1) is 17.0. The number of anilines is 1. The number of amides is 2. The Morgan fingerprint density at radius 3 is 2.75 bits per heavy atom. The predicted molar refractivity (Wildman–Crippen MR) is 106 cm³/mol. The minimum atomic E-state index is -0.344. The first-order chi connectivity index (χ1) is 13.4. The second-order valence-electron chi connectivity index (χ2n) is 8.29. The smallest absolute Gasteiger partial charge is 0.270 e. The van der Waals surface area contributed by atoms with Crippen LogP contribution in [0.15, 0.2) is 36.5 Å². The quantitative estimate of drug-likeness (QED) is 0.746. The molecule has 1 N–H and O–H groups in total. The van der Waals surface area contributed by atoms with E-state index in [0.717, 1.165) is 28.7 Å². The third kappa shape index (κ3) is 2.53. The number of carbonyl (C=O) groups is 2. The number of nitrogens with one attached hydrogen (secondary N) is 1. The largest absolute Gasteiger partial charge is 0.351 e. The fourth-order valence-electron chi connectivity index (χ4n) is 4.18. The summed E-state index contributed by atoms with van der Waals surface area (Å²) in [6.07, 6.45) is 2.60. The fraction of sp³-hybridized carbons (Fsp3) is 0.381. The van der Waals surface area contributed by atoms with Gasteiger partial charge in [-0.3, -0.25) is 14.3 Å². The van der Waals surface area contributed by atoms with Gasteiger partial charge in [-0.2, -0.15) is 5.10 Å².